The minimum atomic E-state index is -5.46. The third-order valence-electron chi connectivity index (χ3n) is 4.59. The van der Waals surface area contributed by atoms with Crippen molar-refractivity contribution in [3.63, 3.8) is 0 Å². The first-order valence-electron chi connectivity index (χ1n) is 9.38. The summed E-state index contributed by atoms with van der Waals surface area (Å²) in [6.45, 7) is 0. The number of rotatable bonds is 4. The van der Waals surface area contributed by atoms with Gasteiger partial charge in [0.1, 0.15) is 45.6 Å². The number of hydrogen-bond acceptors (Lipinski definition) is 4. The van der Waals surface area contributed by atoms with Crippen LogP contribution in [-0.2, 0) is 18.5 Å². The summed E-state index contributed by atoms with van der Waals surface area (Å²) < 4.78 is 171. The molecule has 0 fully saturated rings. The summed E-state index contributed by atoms with van der Waals surface area (Å²) in [5.41, 5.74) is 2.71. The molecule has 0 bridgehead atoms. The Kier molecular flexibility index (Phi) is 6.83. The molecule has 3 rings (SSSR count). The molecule has 4 N–H and O–H groups in total. The van der Waals surface area contributed by atoms with Crippen LogP contribution >= 0.6 is 0 Å². The van der Waals surface area contributed by atoms with Gasteiger partial charge in [-0.3, -0.25) is 0 Å². The monoisotopic (exact) mass is 550 g/mol. The molecule has 0 saturated carbocycles. The topological polar surface area (TPSA) is 70.5 Å². The van der Waals surface area contributed by atoms with Gasteiger partial charge < -0.3 is 20.9 Å². The first-order chi connectivity index (χ1) is 16.8. The summed E-state index contributed by atoms with van der Waals surface area (Å²) in [6.07, 6.45) is -16.1. The zero-order chi connectivity index (χ0) is 28.1. The van der Waals surface area contributed by atoms with E-state index in [-0.39, 0.29) is 36.4 Å². The van der Waals surface area contributed by atoms with E-state index < -0.39 is 87.0 Å². The van der Waals surface area contributed by atoms with Gasteiger partial charge in [0, 0.05) is 18.2 Å². The van der Waals surface area contributed by atoms with Crippen molar-refractivity contribution in [2.24, 2.45) is 0 Å². The van der Waals surface area contributed by atoms with Crippen molar-refractivity contribution in [2.45, 2.75) is 18.5 Å². The molecule has 0 aliphatic rings. The minimum Gasteiger partial charge on any atom is -0.456 e. The zero-order valence-electron chi connectivity index (χ0n) is 17.5. The fourth-order valence-corrected chi connectivity index (χ4v) is 2.91. The Morgan fingerprint density at radius 2 is 0.730 bits per heavy atom. The first-order valence-corrected chi connectivity index (χ1v) is 9.38. The molecule has 3 aromatic rings. The van der Waals surface area contributed by atoms with Crippen LogP contribution in [0.5, 0.6) is 23.0 Å². The zero-order valence-corrected chi connectivity index (χ0v) is 17.5. The van der Waals surface area contributed by atoms with E-state index in [0.29, 0.717) is 0 Å². The summed E-state index contributed by atoms with van der Waals surface area (Å²) >= 11 is 0. The molecule has 4 nitrogen and oxygen atoms in total. The van der Waals surface area contributed by atoms with Crippen LogP contribution < -0.4 is 20.9 Å². The second-order valence-corrected chi connectivity index (χ2v) is 7.22. The molecule has 0 spiro atoms. The maximum absolute atomic E-state index is 14.5. The number of anilines is 2. The Bertz CT molecular complexity index is 1350. The highest BCUT2D eigenvalue weighted by Crippen LogP contribution is 2.47. The van der Waals surface area contributed by atoms with E-state index in [1.54, 1.807) is 0 Å². The molecule has 0 aromatic heterocycles. The molecule has 0 aliphatic carbocycles. The summed E-state index contributed by atoms with van der Waals surface area (Å²) in [4.78, 5) is 0. The highest BCUT2D eigenvalue weighted by Gasteiger charge is 2.40. The van der Waals surface area contributed by atoms with E-state index in [0.717, 1.165) is 0 Å². The van der Waals surface area contributed by atoms with E-state index in [9.17, 15) is 52.7 Å². The summed E-state index contributed by atoms with van der Waals surface area (Å²) in [5.74, 6) is -10.8. The molecule has 0 heterocycles. The van der Waals surface area contributed by atoms with Crippen molar-refractivity contribution in [1.29, 1.82) is 0 Å². The second-order valence-electron chi connectivity index (χ2n) is 7.22. The fourth-order valence-electron chi connectivity index (χ4n) is 2.91. The smallest absolute Gasteiger partial charge is 0.420 e. The number of hydrogen-bond donors (Lipinski definition) is 2. The summed E-state index contributed by atoms with van der Waals surface area (Å²) in [7, 11) is 0. The predicted molar refractivity (Wildman–Crippen MR) is 103 cm³/mol. The van der Waals surface area contributed by atoms with Crippen molar-refractivity contribution in [3.05, 3.63) is 70.5 Å². The molecule has 0 aliphatic heterocycles. The van der Waals surface area contributed by atoms with Gasteiger partial charge in [-0.05, 0) is 18.2 Å². The average Bonchev–Trinajstić information content (AvgIpc) is 2.72. The van der Waals surface area contributed by atoms with Gasteiger partial charge in [-0.15, -0.1) is 0 Å². The predicted octanol–water partition coefficient (Wildman–Crippen LogP) is 7.91. The molecule has 0 radical (unpaired) electrons. The van der Waals surface area contributed by atoms with Gasteiger partial charge in [0.25, 0.3) is 0 Å². The average molecular weight is 550 g/mol. The molecule has 0 unspecified atom stereocenters. The highest BCUT2D eigenvalue weighted by molar-refractivity contribution is 5.56. The molecule has 3 aromatic carbocycles. The standard InChI is InChI=1S/C21H10F12N2O2/c22-10-1-7(19(25,26)27)15(4-13(10)34)36-17-6-18(12(24)3-9(17)21(31,32)33)37-16-5-14(35)11(23)2-8(16)20(28,29)30/h1-6H,34-35H2. The lowest BCUT2D eigenvalue weighted by Crippen LogP contribution is -2.12. The SMILES string of the molecule is Nc1cc(Oc2cc(Oc3cc(N)c(F)cc3C(F)(F)F)c(C(F)(F)F)cc2F)c(C(F)(F)F)cc1F. The van der Waals surface area contributed by atoms with Gasteiger partial charge in [0.05, 0.1) is 11.4 Å². The molecule has 16 heteroatoms. The molecular formula is C21H10F12N2O2. The van der Waals surface area contributed by atoms with Crippen LogP contribution in [-0.4, -0.2) is 0 Å². The van der Waals surface area contributed by atoms with Crippen LogP contribution in [0.25, 0.3) is 0 Å². The normalized spacial score (nSPS) is 12.5. The van der Waals surface area contributed by atoms with Crippen molar-refractivity contribution in [3.8, 4) is 23.0 Å². The fraction of sp³-hybridized carbons (Fsp3) is 0.143. The van der Waals surface area contributed by atoms with Crippen molar-refractivity contribution in [1.82, 2.24) is 0 Å². The van der Waals surface area contributed by atoms with Gasteiger partial charge in [-0.1, -0.05) is 0 Å². The maximum Gasteiger partial charge on any atom is 0.420 e. The van der Waals surface area contributed by atoms with E-state index >= 15 is 0 Å². The third kappa shape index (κ3) is 5.89. The van der Waals surface area contributed by atoms with E-state index in [1.807, 2.05) is 0 Å². The van der Waals surface area contributed by atoms with Gasteiger partial charge in [0.2, 0.25) is 0 Å². The van der Waals surface area contributed by atoms with Crippen LogP contribution in [0.4, 0.5) is 64.1 Å². The van der Waals surface area contributed by atoms with Crippen molar-refractivity contribution >= 4 is 11.4 Å². The Morgan fingerprint density at radius 3 is 1.08 bits per heavy atom. The van der Waals surface area contributed by atoms with E-state index in [2.05, 4.69) is 4.74 Å². The van der Waals surface area contributed by atoms with E-state index in [1.165, 1.54) is 0 Å². The first kappa shape index (κ1) is 27.6. The van der Waals surface area contributed by atoms with Crippen LogP contribution in [0.3, 0.4) is 0 Å². The third-order valence-corrected chi connectivity index (χ3v) is 4.59. The van der Waals surface area contributed by atoms with Gasteiger partial charge in [-0.2, -0.15) is 39.5 Å². The lowest BCUT2D eigenvalue weighted by atomic mass is 10.1. The molecule has 37 heavy (non-hydrogen) atoms. The lowest BCUT2D eigenvalue weighted by molar-refractivity contribution is -0.140. The molecule has 0 amide bonds. The summed E-state index contributed by atoms with van der Waals surface area (Å²) in [6, 6.07) is -0.165. The van der Waals surface area contributed by atoms with Crippen molar-refractivity contribution in [2.75, 3.05) is 11.5 Å². The van der Waals surface area contributed by atoms with Crippen LogP contribution in [0.1, 0.15) is 16.7 Å². The number of nitrogens with two attached hydrogens (primary N) is 2. The Hall–Kier alpha value is -3.98. The lowest BCUT2D eigenvalue weighted by Gasteiger charge is -2.20. The Morgan fingerprint density at radius 1 is 0.432 bits per heavy atom. The van der Waals surface area contributed by atoms with Crippen LogP contribution in [0.2, 0.25) is 0 Å². The van der Waals surface area contributed by atoms with Crippen LogP contribution in [0.15, 0.2) is 36.4 Å². The Labute approximate surface area is 198 Å². The largest absolute Gasteiger partial charge is 0.456 e. The second kappa shape index (κ2) is 9.15. The van der Waals surface area contributed by atoms with Gasteiger partial charge in [0.15, 0.2) is 11.6 Å². The molecule has 0 saturated heterocycles. The summed E-state index contributed by atoms with van der Waals surface area (Å²) in [5, 5.41) is 0. The molecule has 0 atom stereocenters. The number of ether oxygens (including phenoxy) is 2. The molecule has 200 valence electrons. The van der Waals surface area contributed by atoms with E-state index in [4.69, 9.17) is 16.2 Å². The van der Waals surface area contributed by atoms with Gasteiger partial charge >= 0.3 is 18.5 Å². The highest BCUT2D eigenvalue weighted by atomic mass is 19.4. The minimum absolute atomic E-state index is 0.00242. The Balaban J connectivity index is 2.20. The van der Waals surface area contributed by atoms with Crippen LogP contribution in [0, 0.1) is 17.5 Å². The number of benzene rings is 3. The quantitative estimate of drug-likeness (QED) is 0.256. The number of nitrogen functional groups attached to an aromatic ring is 2. The number of halogens is 12. The maximum atomic E-state index is 14.5. The number of alkyl halides is 9. The molecular weight excluding hydrogens is 540 g/mol. The van der Waals surface area contributed by atoms with Crippen molar-refractivity contribution < 1.29 is 62.2 Å². The van der Waals surface area contributed by atoms with Gasteiger partial charge in [-0.25, -0.2) is 13.2 Å².